The second-order valence-electron chi connectivity index (χ2n) is 11.0. The van der Waals surface area contributed by atoms with Crippen LogP contribution in [0.4, 0.5) is 13.2 Å². The van der Waals surface area contributed by atoms with Crippen molar-refractivity contribution in [3.05, 3.63) is 52.4 Å². The molecule has 2 unspecified atom stereocenters. The number of carbonyl (C=O) groups is 1. The summed E-state index contributed by atoms with van der Waals surface area (Å²) in [6.45, 7) is 10.8. The van der Waals surface area contributed by atoms with Crippen molar-refractivity contribution in [3.8, 4) is 6.07 Å². The number of fused-ring (bicyclic) bond motifs is 1. The Kier molecular flexibility index (Phi) is 8.16. The molecule has 4 rings (SSSR count). The average molecular weight is 542 g/mol. The molecule has 2 aliphatic rings. The minimum Gasteiger partial charge on any atom is -0.382 e. The molecule has 0 saturated carbocycles. The first kappa shape index (κ1) is 28.4. The zero-order chi connectivity index (χ0) is 28.4. The van der Waals surface area contributed by atoms with Gasteiger partial charge in [-0.3, -0.25) is 14.5 Å². The molecule has 11 heteroatoms. The second kappa shape index (κ2) is 11.2. The standard InChI is InChI=1S/C28H34F3N7O/c1-17(28(29,30)31)25-21-8-5-9-23(37-24-15-33-13-18(24)12-32)22(21)11-20(36-25)7-6-10-34-26(39)19-14-35-38(16-19)27(2,3)4/h8,11,14,16,18,24,33,37H,1,5-7,9-10,13,15H2,2-4H3,(H,34,39). The van der Waals surface area contributed by atoms with Crippen LogP contribution in [0.2, 0.25) is 0 Å². The molecule has 2 aromatic rings. The van der Waals surface area contributed by atoms with E-state index in [0.29, 0.717) is 67.0 Å². The number of allylic oxidation sites excluding steroid dienone is 1. The average Bonchev–Trinajstić information content (AvgIpc) is 3.55. The van der Waals surface area contributed by atoms with Crippen LogP contribution in [0.25, 0.3) is 17.3 Å². The van der Waals surface area contributed by atoms with E-state index in [9.17, 15) is 23.2 Å². The van der Waals surface area contributed by atoms with Gasteiger partial charge in [-0.2, -0.15) is 23.5 Å². The molecule has 208 valence electrons. The number of alkyl halides is 3. The Hall–Kier alpha value is -3.65. The maximum absolute atomic E-state index is 13.7. The molecule has 1 aliphatic heterocycles. The smallest absolute Gasteiger partial charge is 0.382 e. The molecule has 39 heavy (non-hydrogen) atoms. The minimum atomic E-state index is -4.62. The Morgan fingerprint density at radius 2 is 2.08 bits per heavy atom. The summed E-state index contributed by atoms with van der Waals surface area (Å²) in [5.74, 6) is -0.487. The maximum Gasteiger partial charge on any atom is 0.417 e. The minimum absolute atomic E-state index is 0.125. The van der Waals surface area contributed by atoms with Gasteiger partial charge >= 0.3 is 6.18 Å². The van der Waals surface area contributed by atoms with Crippen LogP contribution in [-0.4, -0.2) is 52.5 Å². The second-order valence-corrected chi connectivity index (χ2v) is 11.0. The predicted octanol–water partition coefficient (Wildman–Crippen LogP) is 2.35. The Morgan fingerprint density at radius 3 is 2.74 bits per heavy atom. The summed E-state index contributed by atoms with van der Waals surface area (Å²) in [5, 5.41) is 24.2. The van der Waals surface area contributed by atoms with Gasteiger partial charge in [0, 0.05) is 47.7 Å². The summed E-state index contributed by atoms with van der Waals surface area (Å²) >= 11 is 0. The molecule has 1 amide bonds. The summed E-state index contributed by atoms with van der Waals surface area (Å²) in [7, 11) is 0. The third kappa shape index (κ3) is 6.50. The number of carbonyl (C=O) groups excluding carboxylic acids is 1. The highest BCUT2D eigenvalue weighted by Crippen LogP contribution is 2.30. The van der Waals surface area contributed by atoms with Gasteiger partial charge in [0.15, 0.2) is 0 Å². The predicted molar refractivity (Wildman–Crippen MR) is 142 cm³/mol. The van der Waals surface area contributed by atoms with E-state index in [2.05, 4.69) is 38.7 Å². The van der Waals surface area contributed by atoms with Crippen LogP contribution < -0.4 is 26.4 Å². The van der Waals surface area contributed by atoms with Crippen molar-refractivity contribution in [1.29, 1.82) is 5.26 Å². The zero-order valence-corrected chi connectivity index (χ0v) is 22.5. The first-order chi connectivity index (χ1) is 18.4. The molecule has 1 saturated heterocycles. The first-order valence-electron chi connectivity index (χ1n) is 13.1. The lowest BCUT2D eigenvalue weighted by Gasteiger charge is -2.22. The number of nitrogens with one attached hydrogen (secondary N) is 3. The van der Waals surface area contributed by atoms with Crippen LogP contribution in [0.1, 0.15) is 61.8 Å². The van der Waals surface area contributed by atoms with E-state index in [4.69, 9.17) is 0 Å². The van der Waals surface area contributed by atoms with E-state index >= 15 is 0 Å². The van der Waals surface area contributed by atoms with Gasteiger partial charge in [-0.1, -0.05) is 12.7 Å². The summed E-state index contributed by atoms with van der Waals surface area (Å²) < 4.78 is 42.9. The Bertz CT molecular complexity index is 1410. The molecule has 0 spiro atoms. The number of amides is 1. The maximum atomic E-state index is 13.7. The molecule has 1 fully saturated rings. The lowest BCUT2D eigenvalue weighted by molar-refractivity contribution is -0.0689. The van der Waals surface area contributed by atoms with Crippen molar-refractivity contribution in [3.63, 3.8) is 0 Å². The number of rotatable bonds is 8. The third-order valence-corrected chi connectivity index (χ3v) is 6.97. The van der Waals surface area contributed by atoms with Crippen molar-refractivity contribution in [2.75, 3.05) is 19.6 Å². The van der Waals surface area contributed by atoms with Gasteiger partial charge < -0.3 is 16.0 Å². The Morgan fingerprint density at radius 1 is 1.31 bits per heavy atom. The summed E-state index contributed by atoms with van der Waals surface area (Å²) in [6, 6.07) is 3.98. The summed E-state index contributed by atoms with van der Waals surface area (Å²) in [4.78, 5) is 16.9. The van der Waals surface area contributed by atoms with Crippen molar-refractivity contribution >= 4 is 23.3 Å². The van der Waals surface area contributed by atoms with Crippen molar-refractivity contribution in [1.82, 2.24) is 30.7 Å². The number of hydrogen-bond donors (Lipinski definition) is 3. The van der Waals surface area contributed by atoms with E-state index in [-0.39, 0.29) is 29.1 Å². The van der Waals surface area contributed by atoms with Crippen molar-refractivity contribution in [2.24, 2.45) is 5.92 Å². The first-order valence-corrected chi connectivity index (χ1v) is 13.1. The zero-order valence-electron chi connectivity index (χ0n) is 22.5. The highest BCUT2D eigenvalue weighted by molar-refractivity contribution is 5.93. The SMILES string of the molecule is C=C(c1nc(CCCNC(=O)c2cnn(C(C)(C)C)c2)cc2c1=CCCC=2NC1CNCC1C#N)C(F)(F)F. The quantitative estimate of drug-likeness (QED) is 0.443. The highest BCUT2D eigenvalue weighted by atomic mass is 19.4. The van der Waals surface area contributed by atoms with Crippen LogP contribution in [0, 0.1) is 17.2 Å². The van der Waals surface area contributed by atoms with Crippen LogP contribution in [0.15, 0.2) is 25.0 Å². The van der Waals surface area contributed by atoms with Gasteiger partial charge in [0.05, 0.1) is 46.6 Å². The topological polar surface area (TPSA) is 108 Å². The lowest BCUT2D eigenvalue weighted by atomic mass is 9.97. The molecule has 8 nitrogen and oxygen atoms in total. The monoisotopic (exact) mass is 541 g/mol. The molecule has 2 aromatic heterocycles. The number of nitriles is 1. The molecule has 0 aromatic carbocycles. The number of hydrogen-bond acceptors (Lipinski definition) is 6. The van der Waals surface area contributed by atoms with E-state index in [1.54, 1.807) is 17.0 Å². The van der Waals surface area contributed by atoms with E-state index in [0.717, 1.165) is 5.70 Å². The molecule has 1 aliphatic carbocycles. The van der Waals surface area contributed by atoms with Gasteiger partial charge in [0.1, 0.15) is 0 Å². The number of nitrogens with zero attached hydrogens (tertiary/aromatic N) is 4. The largest absolute Gasteiger partial charge is 0.417 e. The highest BCUT2D eigenvalue weighted by Gasteiger charge is 2.35. The molecule has 3 heterocycles. The number of pyridine rings is 1. The van der Waals surface area contributed by atoms with Crippen molar-refractivity contribution in [2.45, 2.75) is 64.2 Å². The summed E-state index contributed by atoms with van der Waals surface area (Å²) in [6.07, 6.45) is 2.39. The Balaban J connectivity index is 1.55. The van der Waals surface area contributed by atoms with Crippen LogP contribution in [0.3, 0.4) is 0 Å². The van der Waals surface area contributed by atoms with Gasteiger partial charge in [-0.25, -0.2) is 0 Å². The molecular formula is C28H34F3N7O. The van der Waals surface area contributed by atoms with Crippen molar-refractivity contribution < 1.29 is 18.0 Å². The number of aryl methyl sites for hydroxylation is 1. The van der Waals surface area contributed by atoms with Gasteiger partial charge in [0.2, 0.25) is 0 Å². The molecule has 0 bridgehead atoms. The van der Waals surface area contributed by atoms with Crippen LogP contribution >= 0.6 is 0 Å². The molecule has 2 atom stereocenters. The molecular weight excluding hydrogens is 507 g/mol. The van der Waals surface area contributed by atoms with E-state index in [1.165, 1.54) is 6.20 Å². The molecule has 3 N–H and O–H groups in total. The normalized spacial score (nSPS) is 19.2. The van der Waals surface area contributed by atoms with Gasteiger partial charge in [-0.05, 0) is 52.5 Å². The van der Waals surface area contributed by atoms with Crippen LogP contribution in [-0.2, 0) is 12.0 Å². The lowest BCUT2D eigenvalue weighted by Crippen LogP contribution is -2.43. The fourth-order valence-electron chi connectivity index (χ4n) is 4.77. The third-order valence-electron chi connectivity index (χ3n) is 6.97. The number of halogens is 3. The van der Waals surface area contributed by atoms with Crippen LogP contribution in [0.5, 0.6) is 0 Å². The number of aromatic nitrogens is 3. The fraction of sp³-hybridized carbons (Fsp3) is 0.500. The van der Waals surface area contributed by atoms with Gasteiger partial charge in [0.25, 0.3) is 5.91 Å². The van der Waals surface area contributed by atoms with Gasteiger partial charge in [-0.15, -0.1) is 0 Å². The van der Waals surface area contributed by atoms with E-state index < -0.39 is 11.7 Å². The fourth-order valence-corrected chi connectivity index (χ4v) is 4.77. The molecule has 0 radical (unpaired) electrons. The van der Waals surface area contributed by atoms with E-state index in [1.807, 2.05) is 26.8 Å². The Labute approximate surface area is 225 Å². The summed E-state index contributed by atoms with van der Waals surface area (Å²) in [5.41, 5.74) is 0.332.